The lowest BCUT2D eigenvalue weighted by molar-refractivity contribution is 0.273. The zero-order chi connectivity index (χ0) is 22.7. The molecule has 3 nitrogen and oxygen atoms in total. The average molecular weight is 432 g/mol. The largest absolute Gasteiger partial charge is 0.346 e. The summed E-state index contributed by atoms with van der Waals surface area (Å²) in [6.07, 6.45) is 10.9. The molecule has 0 amide bonds. The highest BCUT2D eigenvalue weighted by Gasteiger charge is 2.30. The van der Waals surface area contributed by atoms with Crippen molar-refractivity contribution in [2.45, 2.75) is 65.3 Å². The van der Waals surface area contributed by atoms with Gasteiger partial charge in [-0.3, -0.25) is 0 Å². The van der Waals surface area contributed by atoms with Crippen molar-refractivity contribution in [1.82, 2.24) is 14.9 Å². The van der Waals surface area contributed by atoms with Crippen LogP contribution >= 0.6 is 0 Å². The molecule has 168 valence electrons. The van der Waals surface area contributed by atoms with Crippen LogP contribution in [0.4, 0.5) is 4.39 Å². The van der Waals surface area contributed by atoms with Gasteiger partial charge in [-0.05, 0) is 67.5 Å². The van der Waals surface area contributed by atoms with Crippen LogP contribution in [0, 0.1) is 11.7 Å². The molecular formula is C28H34FN3. The van der Waals surface area contributed by atoms with E-state index in [9.17, 15) is 4.39 Å². The molecule has 1 aliphatic rings. The molecule has 0 saturated heterocycles. The zero-order valence-corrected chi connectivity index (χ0v) is 19.5. The smallest absolute Gasteiger partial charge is 0.137 e. The number of rotatable bonds is 7. The Labute approximate surface area is 191 Å². The number of benzene rings is 1. The maximum Gasteiger partial charge on any atom is 0.137 e. The van der Waals surface area contributed by atoms with E-state index in [0.717, 1.165) is 47.1 Å². The number of fused-ring (bicyclic) bond motifs is 1. The summed E-state index contributed by atoms with van der Waals surface area (Å²) in [7, 11) is 0. The standard InChI is InChI=1S/C28H34FN3/c1-5-20(4)26(21-11-13-22(29)14-12-21)27(24-15-17-30-28-25(24)16-18-31-28)32(19(2)3)23-9-7-6-8-10-23/h11-18,20,23H,2,5-10H2,1,3-4H3,(H,30,31)/b27-26+. The molecular weight excluding hydrogens is 397 g/mol. The van der Waals surface area contributed by atoms with Crippen LogP contribution in [0.15, 0.2) is 61.1 Å². The molecule has 1 aliphatic carbocycles. The Bertz CT molecular complexity index is 1100. The summed E-state index contributed by atoms with van der Waals surface area (Å²) >= 11 is 0. The van der Waals surface area contributed by atoms with E-state index in [2.05, 4.69) is 54.4 Å². The molecule has 0 bridgehead atoms. The van der Waals surface area contributed by atoms with Gasteiger partial charge in [-0.2, -0.15) is 0 Å². The predicted octanol–water partition coefficient (Wildman–Crippen LogP) is 7.78. The second-order valence-corrected chi connectivity index (χ2v) is 9.07. The van der Waals surface area contributed by atoms with Crippen molar-refractivity contribution in [3.63, 3.8) is 0 Å². The molecule has 1 saturated carbocycles. The van der Waals surface area contributed by atoms with E-state index in [1.165, 1.54) is 30.5 Å². The van der Waals surface area contributed by atoms with Gasteiger partial charge in [0.15, 0.2) is 0 Å². The fourth-order valence-electron chi connectivity index (χ4n) is 5.08. The maximum atomic E-state index is 13.8. The number of nitrogens with one attached hydrogen (secondary N) is 1. The van der Waals surface area contributed by atoms with E-state index in [-0.39, 0.29) is 5.82 Å². The molecule has 1 atom stereocenters. The van der Waals surface area contributed by atoms with Crippen molar-refractivity contribution in [3.05, 3.63) is 78.0 Å². The van der Waals surface area contributed by atoms with Crippen LogP contribution in [-0.4, -0.2) is 20.9 Å². The van der Waals surface area contributed by atoms with E-state index >= 15 is 0 Å². The molecule has 2 heterocycles. The molecule has 2 aromatic heterocycles. The first-order valence-electron chi connectivity index (χ1n) is 11.9. The molecule has 1 aromatic carbocycles. The van der Waals surface area contributed by atoms with Gasteiger partial charge < -0.3 is 9.88 Å². The van der Waals surface area contributed by atoms with Crippen LogP contribution in [0.2, 0.25) is 0 Å². The SMILES string of the molecule is C=C(C)N(/C(=C(/c1ccc(F)cc1)C(C)CC)c1ccnc2[nH]ccc12)C1CCCCC1. The zero-order valence-electron chi connectivity index (χ0n) is 19.5. The first-order valence-corrected chi connectivity index (χ1v) is 11.9. The van der Waals surface area contributed by atoms with Crippen LogP contribution in [0.1, 0.15) is 70.4 Å². The molecule has 32 heavy (non-hydrogen) atoms. The number of hydrogen-bond acceptors (Lipinski definition) is 2. The van der Waals surface area contributed by atoms with Gasteiger partial charge in [0, 0.05) is 35.1 Å². The van der Waals surface area contributed by atoms with Crippen molar-refractivity contribution >= 4 is 22.3 Å². The highest BCUT2D eigenvalue weighted by atomic mass is 19.1. The third kappa shape index (κ3) is 4.36. The minimum Gasteiger partial charge on any atom is -0.346 e. The minimum absolute atomic E-state index is 0.209. The average Bonchev–Trinajstić information content (AvgIpc) is 3.29. The van der Waals surface area contributed by atoms with E-state index in [0.29, 0.717) is 12.0 Å². The Balaban J connectivity index is 2.05. The summed E-state index contributed by atoms with van der Waals surface area (Å²) in [5.74, 6) is 0.0860. The number of halogens is 1. The Morgan fingerprint density at radius 3 is 2.53 bits per heavy atom. The summed E-state index contributed by atoms with van der Waals surface area (Å²) in [5, 5.41) is 1.10. The molecule has 1 N–H and O–H groups in total. The van der Waals surface area contributed by atoms with Crippen LogP contribution < -0.4 is 0 Å². The predicted molar refractivity (Wildman–Crippen MR) is 132 cm³/mol. The summed E-state index contributed by atoms with van der Waals surface area (Å²) in [6.45, 7) is 11.0. The minimum atomic E-state index is -0.209. The molecule has 1 unspecified atom stereocenters. The van der Waals surface area contributed by atoms with Crippen LogP contribution in [-0.2, 0) is 0 Å². The number of aromatic amines is 1. The fraction of sp³-hybridized carbons (Fsp3) is 0.393. The number of hydrogen-bond donors (Lipinski definition) is 1. The van der Waals surface area contributed by atoms with Crippen LogP contribution in [0.5, 0.6) is 0 Å². The summed E-state index contributed by atoms with van der Waals surface area (Å²) in [4.78, 5) is 10.3. The van der Waals surface area contributed by atoms with Gasteiger partial charge in [0.05, 0.1) is 5.70 Å². The lowest BCUT2D eigenvalue weighted by Crippen LogP contribution is -2.35. The van der Waals surface area contributed by atoms with Crippen molar-refractivity contribution < 1.29 is 4.39 Å². The molecule has 3 aromatic rings. The molecule has 0 radical (unpaired) electrons. The van der Waals surface area contributed by atoms with Crippen molar-refractivity contribution in [2.75, 3.05) is 0 Å². The Kier molecular flexibility index (Phi) is 6.78. The van der Waals surface area contributed by atoms with Crippen molar-refractivity contribution in [2.24, 2.45) is 5.92 Å². The number of allylic oxidation sites excluding steroid dienone is 2. The first kappa shape index (κ1) is 22.3. The number of pyridine rings is 1. The highest BCUT2D eigenvalue weighted by molar-refractivity contribution is 5.99. The normalized spacial score (nSPS) is 16.6. The fourth-order valence-corrected chi connectivity index (χ4v) is 5.08. The van der Waals surface area contributed by atoms with Gasteiger partial charge in [-0.25, -0.2) is 9.37 Å². The van der Waals surface area contributed by atoms with E-state index in [4.69, 9.17) is 0 Å². The Morgan fingerprint density at radius 1 is 1.16 bits per heavy atom. The highest BCUT2D eigenvalue weighted by Crippen LogP contribution is 2.42. The van der Waals surface area contributed by atoms with Gasteiger partial charge in [0.2, 0.25) is 0 Å². The third-order valence-corrected chi connectivity index (χ3v) is 6.82. The van der Waals surface area contributed by atoms with Crippen molar-refractivity contribution in [1.29, 1.82) is 0 Å². The van der Waals surface area contributed by atoms with Crippen molar-refractivity contribution in [3.8, 4) is 0 Å². The van der Waals surface area contributed by atoms with Gasteiger partial charge in [0.1, 0.15) is 11.5 Å². The quantitative estimate of drug-likeness (QED) is 0.414. The second kappa shape index (κ2) is 9.72. The lowest BCUT2D eigenvalue weighted by Gasteiger charge is -2.40. The van der Waals surface area contributed by atoms with Gasteiger partial charge in [-0.1, -0.05) is 51.8 Å². The van der Waals surface area contributed by atoms with E-state index < -0.39 is 0 Å². The van der Waals surface area contributed by atoms with Gasteiger partial charge in [-0.15, -0.1) is 0 Å². The number of aromatic nitrogens is 2. The molecule has 0 aliphatic heterocycles. The first-order chi connectivity index (χ1) is 15.5. The third-order valence-electron chi connectivity index (χ3n) is 6.82. The van der Waals surface area contributed by atoms with Crippen LogP contribution in [0.3, 0.4) is 0 Å². The maximum absolute atomic E-state index is 13.8. The Morgan fingerprint density at radius 2 is 1.88 bits per heavy atom. The van der Waals surface area contributed by atoms with E-state index in [1.807, 2.05) is 24.5 Å². The van der Waals surface area contributed by atoms with E-state index in [1.54, 1.807) is 12.1 Å². The second-order valence-electron chi connectivity index (χ2n) is 9.07. The molecule has 0 spiro atoms. The molecule has 4 heteroatoms. The summed E-state index contributed by atoms with van der Waals surface area (Å²) < 4.78 is 13.8. The lowest BCUT2D eigenvalue weighted by atomic mass is 9.85. The Hall–Kier alpha value is -2.88. The molecule has 4 rings (SSSR count). The number of nitrogens with zero attached hydrogens (tertiary/aromatic N) is 2. The summed E-state index contributed by atoms with van der Waals surface area (Å²) in [5.41, 5.74) is 6.60. The number of H-pyrrole nitrogens is 1. The van der Waals surface area contributed by atoms with Gasteiger partial charge in [0.25, 0.3) is 0 Å². The topological polar surface area (TPSA) is 31.9 Å². The van der Waals surface area contributed by atoms with Gasteiger partial charge >= 0.3 is 0 Å². The monoisotopic (exact) mass is 431 g/mol. The molecule has 1 fully saturated rings. The van der Waals surface area contributed by atoms with Crippen LogP contribution in [0.25, 0.3) is 22.3 Å². The summed E-state index contributed by atoms with van der Waals surface area (Å²) in [6, 6.07) is 11.6.